The second-order valence-electron chi connectivity index (χ2n) is 10.0. The molecule has 1 saturated heterocycles. The van der Waals surface area contributed by atoms with E-state index in [0.29, 0.717) is 6.54 Å². The third-order valence-electron chi connectivity index (χ3n) is 6.80. The average Bonchev–Trinajstić information content (AvgIpc) is 3.49. The summed E-state index contributed by atoms with van der Waals surface area (Å²) in [6, 6.07) is 15.3. The number of rotatable bonds is 9. The molecular weight excluding hydrogens is 534 g/mol. The highest BCUT2D eigenvalue weighted by Gasteiger charge is 2.49. The highest BCUT2D eigenvalue weighted by atomic mass is 32.2. The maximum absolute atomic E-state index is 13.7. The van der Waals surface area contributed by atoms with Crippen molar-refractivity contribution in [2.75, 3.05) is 11.6 Å². The Hall–Kier alpha value is -3.41. The average molecular weight is 568 g/mol. The summed E-state index contributed by atoms with van der Waals surface area (Å²) in [6.45, 7) is 6.12. The van der Waals surface area contributed by atoms with Crippen molar-refractivity contribution in [3.05, 3.63) is 82.4 Å². The van der Waals surface area contributed by atoms with Crippen LogP contribution < -0.4 is 16.4 Å². The number of thiazole rings is 1. The molecule has 0 radical (unpaired) electrons. The molecule has 1 unspecified atom stereocenters. The van der Waals surface area contributed by atoms with Gasteiger partial charge in [-0.1, -0.05) is 54.6 Å². The Bertz CT molecular complexity index is 1330. The molecule has 4 rings (SSSR count). The van der Waals surface area contributed by atoms with Crippen molar-refractivity contribution in [2.45, 2.75) is 56.7 Å². The Labute approximate surface area is 236 Å². The Kier molecular flexibility index (Phi) is 8.94. The number of anilines is 1. The highest BCUT2D eigenvalue weighted by molar-refractivity contribution is 8.00. The topological polar surface area (TPSA) is 138 Å². The van der Waals surface area contributed by atoms with Crippen molar-refractivity contribution in [2.24, 2.45) is 0 Å². The standard InChI is InChI=1S/C28H33N5O4S2/c1-17-9-7-8-12-19(17)14-30-25(36)23-28(2,3)39-16-33(23)26(37)22(34)20(13-18-10-5-4-6-11-18)31-24(35)21-15-38-27(29)32-21/h4-12,15,20,22-23,34H,13-14,16H2,1-3H3,(H2,29,32)(H,30,36)(H,31,35)/t20-,22-,23?/m0/s1. The molecule has 0 aliphatic carbocycles. The molecular formula is C28H33N5O4S2. The minimum absolute atomic E-state index is 0.113. The minimum atomic E-state index is -1.59. The fourth-order valence-corrected chi connectivity index (χ4v) is 6.27. The SMILES string of the molecule is Cc1ccccc1CNC(=O)C1N(C(=O)[C@@H](O)[C@H](Cc2ccccc2)NC(=O)c2csc(N)n2)CSC1(C)C. The van der Waals surface area contributed by atoms with Gasteiger partial charge in [0.1, 0.15) is 11.7 Å². The van der Waals surface area contributed by atoms with Crippen LogP contribution in [0.15, 0.2) is 60.0 Å². The Morgan fingerprint density at radius 3 is 2.51 bits per heavy atom. The van der Waals surface area contributed by atoms with Crippen molar-refractivity contribution in [1.29, 1.82) is 0 Å². The molecule has 3 aromatic rings. The molecule has 9 nitrogen and oxygen atoms in total. The third kappa shape index (κ3) is 6.78. The molecule has 1 aromatic heterocycles. The molecule has 3 atom stereocenters. The van der Waals surface area contributed by atoms with Gasteiger partial charge in [-0.2, -0.15) is 0 Å². The van der Waals surface area contributed by atoms with Crippen LogP contribution in [0.5, 0.6) is 0 Å². The zero-order chi connectivity index (χ0) is 28.2. The van der Waals surface area contributed by atoms with Crippen molar-refractivity contribution >= 4 is 46.0 Å². The summed E-state index contributed by atoms with van der Waals surface area (Å²) >= 11 is 2.59. The molecule has 2 heterocycles. The van der Waals surface area contributed by atoms with Crippen LogP contribution in [0, 0.1) is 6.92 Å². The number of hydrogen-bond acceptors (Lipinski definition) is 8. The molecule has 5 N–H and O–H groups in total. The van der Waals surface area contributed by atoms with Crippen LogP contribution in [-0.4, -0.2) is 61.5 Å². The van der Waals surface area contributed by atoms with E-state index in [2.05, 4.69) is 15.6 Å². The van der Waals surface area contributed by atoms with Crippen LogP contribution in [0.3, 0.4) is 0 Å². The van der Waals surface area contributed by atoms with Gasteiger partial charge < -0.3 is 26.4 Å². The van der Waals surface area contributed by atoms with E-state index in [9.17, 15) is 19.5 Å². The fraction of sp³-hybridized carbons (Fsp3) is 0.357. The van der Waals surface area contributed by atoms with Gasteiger partial charge in [-0.15, -0.1) is 23.1 Å². The second kappa shape index (κ2) is 12.2. The van der Waals surface area contributed by atoms with Gasteiger partial charge in [-0.05, 0) is 43.9 Å². The number of aliphatic hydroxyl groups is 1. The van der Waals surface area contributed by atoms with Crippen molar-refractivity contribution < 1.29 is 19.5 Å². The molecule has 0 saturated carbocycles. The summed E-state index contributed by atoms with van der Waals surface area (Å²) in [4.78, 5) is 45.5. The molecule has 0 spiro atoms. The van der Waals surface area contributed by atoms with Crippen LogP contribution in [-0.2, 0) is 22.6 Å². The quantitative estimate of drug-likeness (QED) is 0.312. The first-order valence-electron chi connectivity index (χ1n) is 12.6. The number of nitrogens with one attached hydrogen (secondary N) is 2. The number of nitrogens with zero attached hydrogens (tertiary/aromatic N) is 2. The van der Waals surface area contributed by atoms with Crippen LogP contribution >= 0.6 is 23.1 Å². The first kappa shape index (κ1) is 28.6. The van der Waals surface area contributed by atoms with Crippen molar-refractivity contribution in [3.63, 3.8) is 0 Å². The number of nitrogen functional groups attached to an aromatic ring is 1. The highest BCUT2D eigenvalue weighted by Crippen LogP contribution is 2.40. The van der Waals surface area contributed by atoms with Gasteiger partial charge >= 0.3 is 0 Å². The second-order valence-corrected chi connectivity index (χ2v) is 12.5. The number of aryl methyl sites for hydroxylation is 1. The summed E-state index contributed by atoms with van der Waals surface area (Å²) < 4.78 is -0.582. The lowest BCUT2D eigenvalue weighted by atomic mass is 9.97. The summed E-state index contributed by atoms with van der Waals surface area (Å²) in [5, 5.41) is 18.8. The van der Waals surface area contributed by atoms with Gasteiger partial charge in [0.15, 0.2) is 11.2 Å². The normalized spacial score (nSPS) is 17.8. The predicted molar refractivity (Wildman–Crippen MR) is 154 cm³/mol. The van der Waals surface area contributed by atoms with Crippen LogP contribution in [0.25, 0.3) is 0 Å². The number of carbonyl (C=O) groups is 3. The van der Waals surface area contributed by atoms with Gasteiger partial charge in [-0.3, -0.25) is 14.4 Å². The first-order chi connectivity index (χ1) is 18.6. The molecule has 1 aliphatic heterocycles. The largest absolute Gasteiger partial charge is 0.381 e. The summed E-state index contributed by atoms with van der Waals surface area (Å²) in [5.41, 5.74) is 8.66. The molecule has 39 heavy (non-hydrogen) atoms. The van der Waals surface area contributed by atoms with Gasteiger partial charge in [0.25, 0.3) is 11.8 Å². The number of hydrogen-bond donors (Lipinski definition) is 4. The predicted octanol–water partition coefficient (Wildman–Crippen LogP) is 2.73. The Morgan fingerprint density at radius 2 is 1.85 bits per heavy atom. The van der Waals surface area contributed by atoms with E-state index in [1.807, 2.05) is 75.4 Å². The van der Waals surface area contributed by atoms with Gasteiger partial charge in [0.05, 0.1) is 11.9 Å². The number of amides is 3. The third-order valence-corrected chi connectivity index (χ3v) is 8.84. The number of aromatic nitrogens is 1. The van der Waals surface area contributed by atoms with Crippen molar-refractivity contribution in [3.8, 4) is 0 Å². The van der Waals surface area contributed by atoms with E-state index in [1.54, 1.807) is 0 Å². The van der Waals surface area contributed by atoms with Gasteiger partial charge in [-0.25, -0.2) is 4.98 Å². The molecule has 206 valence electrons. The smallest absolute Gasteiger partial charge is 0.271 e. The van der Waals surface area contributed by atoms with E-state index in [4.69, 9.17) is 5.73 Å². The molecule has 1 aliphatic rings. The van der Waals surface area contributed by atoms with E-state index < -0.39 is 34.7 Å². The molecule has 1 fully saturated rings. The van der Waals surface area contributed by atoms with E-state index in [1.165, 1.54) is 22.0 Å². The van der Waals surface area contributed by atoms with Crippen LogP contribution in [0.1, 0.15) is 41.0 Å². The van der Waals surface area contributed by atoms with Crippen LogP contribution in [0.2, 0.25) is 0 Å². The lowest BCUT2D eigenvalue weighted by Gasteiger charge is -2.33. The zero-order valence-corrected chi connectivity index (χ0v) is 23.7. The maximum atomic E-state index is 13.7. The lowest BCUT2D eigenvalue weighted by Crippen LogP contribution is -2.58. The minimum Gasteiger partial charge on any atom is -0.381 e. The van der Waals surface area contributed by atoms with Crippen molar-refractivity contribution in [1.82, 2.24) is 20.5 Å². The summed E-state index contributed by atoms with van der Waals surface area (Å²) in [5.74, 6) is -1.22. The maximum Gasteiger partial charge on any atom is 0.271 e. The van der Waals surface area contributed by atoms with Crippen LogP contribution in [0.4, 0.5) is 5.13 Å². The lowest BCUT2D eigenvalue weighted by molar-refractivity contribution is -0.147. The van der Waals surface area contributed by atoms with E-state index in [0.717, 1.165) is 28.0 Å². The number of aliphatic hydroxyl groups excluding tert-OH is 1. The van der Waals surface area contributed by atoms with E-state index in [-0.39, 0.29) is 29.0 Å². The molecule has 3 amide bonds. The molecule has 0 bridgehead atoms. The zero-order valence-electron chi connectivity index (χ0n) is 22.1. The number of nitrogens with two attached hydrogens (primary N) is 1. The Balaban J connectivity index is 1.53. The number of thioether (sulfide) groups is 1. The van der Waals surface area contributed by atoms with E-state index >= 15 is 0 Å². The number of carbonyl (C=O) groups excluding carboxylic acids is 3. The first-order valence-corrected chi connectivity index (χ1v) is 14.4. The summed E-state index contributed by atoms with van der Waals surface area (Å²) in [7, 11) is 0. The summed E-state index contributed by atoms with van der Waals surface area (Å²) in [6.07, 6.45) is -1.39. The monoisotopic (exact) mass is 567 g/mol. The number of benzene rings is 2. The Morgan fingerprint density at radius 1 is 1.15 bits per heavy atom. The fourth-order valence-electron chi connectivity index (χ4n) is 4.59. The van der Waals surface area contributed by atoms with Gasteiger partial charge in [0, 0.05) is 16.7 Å². The van der Waals surface area contributed by atoms with Gasteiger partial charge in [0.2, 0.25) is 5.91 Å². The molecule has 11 heteroatoms. The molecule has 2 aromatic carbocycles.